The van der Waals surface area contributed by atoms with Gasteiger partial charge in [-0.05, 0) is 19.1 Å². The van der Waals surface area contributed by atoms with Gasteiger partial charge in [-0.3, -0.25) is 4.79 Å². The number of anilines is 1. The fraction of sp³-hybridized carbons (Fsp3) is 0.111. The van der Waals surface area contributed by atoms with Crippen LogP contribution in [0.1, 0.15) is 5.69 Å². The predicted molar refractivity (Wildman–Crippen MR) is 56.5 cm³/mol. The normalized spacial score (nSPS) is 10.7. The van der Waals surface area contributed by atoms with Gasteiger partial charge in [-0.1, -0.05) is 11.6 Å². The zero-order chi connectivity index (χ0) is 10.3. The number of hydrogen-bond acceptors (Lipinski definition) is 3. The van der Waals surface area contributed by atoms with Gasteiger partial charge in [0.2, 0.25) is 0 Å². The van der Waals surface area contributed by atoms with E-state index in [9.17, 15) is 4.79 Å². The Labute approximate surface area is 84.7 Å². The van der Waals surface area contributed by atoms with Crippen molar-refractivity contribution in [1.29, 1.82) is 0 Å². The molecular formula is C9H8ClN3O. The van der Waals surface area contributed by atoms with E-state index in [1.165, 1.54) is 0 Å². The number of nitrogens with one attached hydrogen (secondary N) is 1. The number of nitrogen functional groups attached to an aromatic ring is 1. The van der Waals surface area contributed by atoms with E-state index < -0.39 is 0 Å². The van der Waals surface area contributed by atoms with Crippen molar-refractivity contribution in [1.82, 2.24) is 9.97 Å². The van der Waals surface area contributed by atoms with Crippen LogP contribution in [0.3, 0.4) is 0 Å². The molecule has 1 heterocycles. The smallest absolute Gasteiger partial charge is 0.269 e. The Morgan fingerprint density at radius 1 is 1.50 bits per heavy atom. The van der Waals surface area contributed by atoms with Crippen molar-refractivity contribution in [3.63, 3.8) is 0 Å². The lowest BCUT2D eigenvalue weighted by Gasteiger charge is -2.01. The Balaban J connectivity index is 2.90. The van der Waals surface area contributed by atoms with E-state index >= 15 is 0 Å². The Morgan fingerprint density at radius 3 is 2.93 bits per heavy atom. The van der Waals surface area contributed by atoms with Gasteiger partial charge in [0.15, 0.2) is 0 Å². The molecule has 2 rings (SSSR count). The predicted octanol–water partition coefficient (Wildman–Crippen LogP) is 1.47. The number of halogens is 1. The van der Waals surface area contributed by atoms with Crippen molar-refractivity contribution < 1.29 is 0 Å². The van der Waals surface area contributed by atoms with Crippen molar-refractivity contribution >= 4 is 28.3 Å². The maximum atomic E-state index is 11.2. The van der Waals surface area contributed by atoms with E-state index in [2.05, 4.69) is 9.97 Å². The highest BCUT2D eigenvalue weighted by Crippen LogP contribution is 2.22. The Kier molecular flexibility index (Phi) is 1.93. The summed E-state index contributed by atoms with van der Waals surface area (Å²) in [5.41, 5.74) is 7.51. The zero-order valence-electron chi connectivity index (χ0n) is 7.47. The van der Waals surface area contributed by atoms with Crippen LogP contribution in [0.15, 0.2) is 16.9 Å². The standard InChI is InChI=1S/C9H8ClN3O/c1-4-9(14)13-7-2-5(10)6(11)3-8(7)12-4/h2-3H,11H2,1H3,(H,13,14). The molecule has 0 unspecified atom stereocenters. The highest BCUT2D eigenvalue weighted by atomic mass is 35.5. The van der Waals surface area contributed by atoms with Crippen LogP contribution in [-0.2, 0) is 0 Å². The van der Waals surface area contributed by atoms with Crippen LogP contribution in [0, 0.1) is 6.92 Å². The molecule has 0 fully saturated rings. The summed E-state index contributed by atoms with van der Waals surface area (Å²) in [5.74, 6) is 0. The van der Waals surface area contributed by atoms with Gasteiger partial charge in [0.25, 0.3) is 5.56 Å². The van der Waals surface area contributed by atoms with E-state index in [1.54, 1.807) is 19.1 Å². The number of aryl methyl sites for hydroxylation is 1. The number of rotatable bonds is 0. The van der Waals surface area contributed by atoms with Gasteiger partial charge in [-0.2, -0.15) is 0 Å². The highest BCUT2D eigenvalue weighted by molar-refractivity contribution is 6.33. The van der Waals surface area contributed by atoms with E-state index in [0.717, 1.165) is 0 Å². The SMILES string of the molecule is Cc1nc2cc(N)c(Cl)cc2[nH]c1=O. The van der Waals surface area contributed by atoms with Crippen molar-refractivity contribution in [2.75, 3.05) is 5.73 Å². The number of nitrogens with two attached hydrogens (primary N) is 1. The first-order valence-corrected chi connectivity index (χ1v) is 4.41. The van der Waals surface area contributed by atoms with Crippen LogP contribution in [0.4, 0.5) is 5.69 Å². The number of fused-ring (bicyclic) bond motifs is 1. The first-order chi connectivity index (χ1) is 6.58. The highest BCUT2D eigenvalue weighted by Gasteiger charge is 2.03. The van der Waals surface area contributed by atoms with E-state index in [-0.39, 0.29) is 5.56 Å². The van der Waals surface area contributed by atoms with Gasteiger partial charge in [-0.25, -0.2) is 4.98 Å². The molecule has 1 aromatic heterocycles. The monoisotopic (exact) mass is 209 g/mol. The summed E-state index contributed by atoms with van der Waals surface area (Å²) in [6, 6.07) is 3.24. The summed E-state index contributed by atoms with van der Waals surface area (Å²) in [4.78, 5) is 18.0. The minimum Gasteiger partial charge on any atom is -0.397 e. The average Bonchev–Trinajstić information content (AvgIpc) is 2.11. The second-order valence-corrected chi connectivity index (χ2v) is 3.45. The molecule has 5 heteroatoms. The summed E-state index contributed by atoms with van der Waals surface area (Å²) >= 11 is 5.80. The van der Waals surface area contributed by atoms with E-state index in [1.807, 2.05) is 0 Å². The Morgan fingerprint density at radius 2 is 2.21 bits per heavy atom. The van der Waals surface area contributed by atoms with Crippen LogP contribution in [0.5, 0.6) is 0 Å². The molecule has 0 radical (unpaired) electrons. The number of H-pyrrole nitrogens is 1. The molecule has 0 aliphatic heterocycles. The molecule has 0 aliphatic carbocycles. The van der Waals surface area contributed by atoms with Gasteiger partial charge in [-0.15, -0.1) is 0 Å². The number of hydrogen-bond donors (Lipinski definition) is 2. The number of aromatic nitrogens is 2. The lowest BCUT2D eigenvalue weighted by molar-refractivity contribution is 1.12. The molecule has 14 heavy (non-hydrogen) atoms. The van der Waals surface area contributed by atoms with Crippen LogP contribution < -0.4 is 11.3 Å². The lowest BCUT2D eigenvalue weighted by atomic mass is 10.2. The topological polar surface area (TPSA) is 71.8 Å². The summed E-state index contributed by atoms with van der Waals surface area (Å²) in [7, 11) is 0. The largest absolute Gasteiger partial charge is 0.397 e. The third-order valence-electron chi connectivity index (χ3n) is 1.98. The third kappa shape index (κ3) is 1.33. The molecule has 0 saturated heterocycles. The average molecular weight is 210 g/mol. The molecule has 0 bridgehead atoms. The molecule has 0 aliphatic rings. The van der Waals surface area contributed by atoms with E-state index in [0.29, 0.717) is 27.4 Å². The molecule has 0 amide bonds. The van der Waals surface area contributed by atoms with Gasteiger partial charge in [0.05, 0.1) is 21.7 Å². The van der Waals surface area contributed by atoms with Crippen molar-refractivity contribution in [2.24, 2.45) is 0 Å². The molecule has 72 valence electrons. The van der Waals surface area contributed by atoms with Crippen LogP contribution in [0.25, 0.3) is 11.0 Å². The van der Waals surface area contributed by atoms with Gasteiger partial charge in [0.1, 0.15) is 5.69 Å². The second-order valence-electron chi connectivity index (χ2n) is 3.04. The molecule has 0 saturated carbocycles. The van der Waals surface area contributed by atoms with Gasteiger partial charge >= 0.3 is 0 Å². The number of benzene rings is 1. The van der Waals surface area contributed by atoms with Crippen LogP contribution in [-0.4, -0.2) is 9.97 Å². The fourth-order valence-corrected chi connectivity index (χ4v) is 1.38. The first-order valence-electron chi connectivity index (χ1n) is 4.03. The second kappa shape index (κ2) is 2.99. The Bertz CT molecular complexity index is 562. The maximum absolute atomic E-state index is 11.2. The molecule has 1 aromatic carbocycles. The van der Waals surface area contributed by atoms with Gasteiger partial charge in [0, 0.05) is 0 Å². The summed E-state index contributed by atoms with van der Waals surface area (Å²) in [6.45, 7) is 1.64. The molecule has 3 N–H and O–H groups in total. The number of aromatic amines is 1. The molecule has 4 nitrogen and oxygen atoms in total. The number of nitrogens with zero attached hydrogens (tertiary/aromatic N) is 1. The van der Waals surface area contributed by atoms with E-state index in [4.69, 9.17) is 17.3 Å². The van der Waals surface area contributed by atoms with Gasteiger partial charge < -0.3 is 10.7 Å². The minimum absolute atomic E-state index is 0.210. The van der Waals surface area contributed by atoms with Crippen molar-refractivity contribution in [3.05, 3.63) is 33.2 Å². The van der Waals surface area contributed by atoms with Crippen molar-refractivity contribution in [2.45, 2.75) is 6.92 Å². The summed E-state index contributed by atoms with van der Waals surface area (Å²) in [5, 5.41) is 0.416. The Hall–Kier alpha value is -1.55. The molecule has 2 aromatic rings. The molecule has 0 spiro atoms. The summed E-state index contributed by atoms with van der Waals surface area (Å²) in [6.07, 6.45) is 0. The minimum atomic E-state index is -0.210. The quantitative estimate of drug-likeness (QED) is 0.646. The summed E-state index contributed by atoms with van der Waals surface area (Å²) < 4.78 is 0. The third-order valence-corrected chi connectivity index (χ3v) is 2.31. The van der Waals surface area contributed by atoms with Crippen LogP contribution in [0.2, 0.25) is 5.02 Å². The maximum Gasteiger partial charge on any atom is 0.269 e. The zero-order valence-corrected chi connectivity index (χ0v) is 8.22. The first kappa shape index (κ1) is 9.02. The fourth-order valence-electron chi connectivity index (χ4n) is 1.21. The van der Waals surface area contributed by atoms with Crippen molar-refractivity contribution in [3.8, 4) is 0 Å². The molecular weight excluding hydrogens is 202 g/mol. The lowest BCUT2D eigenvalue weighted by Crippen LogP contribution is -2.11. The van der Waals surface area contributed by atoms with Crippen LogP contribution >= 0.6 is 11.6 Å². The molecule has 0 atom stereocenters.